The predicted octanol–water partition coefficient (Wildman–Crippen LogP) is 3.99. The molecule has 0 heterocycles. The minimum absolute atomic E-state index is 0.0417. The summed E-state index contributed by atoms with van der Waals surface area (Å²) < 4.78 is 0. The van der Waals surface area contributed by atoms with Crippen LogP contribution in [0.4, 0.5) is 5.69 Å². The largest absolute Gasteiger partial charge is 0.326 e. The average Bonchev–Trinajstić information content (AvgIpc) is 2.40. The van der Waals surface area contributed by atoms with E-state index in [2.05, 4.69) is 31.3 Å². The van der Waals surface area contributed by atoms with Crippen molar-refractivity contribution in [3.63, 3.8) is 0 Å². The lowest BCUT2D eigenvalue weighted by Gasteiger charge is -2.24. The second-order valence-electron chi connectivity index (χ2n) is 5.34. The summed E-state index contributed by atoms with van der Waals surface area (Å²) >= 11 is 0. The molecule has 0 aliphatic heterocycles. The highest BCUT2D eigenvalue weighted by molar-refractivity contribution is 5.91. The van der Waals surface area contributed by atoms with Crippen molar-refractivity contribution in [3.8, 4) is 0 Å². The van der Waals surface area contributed by atoms with E-state index in [0.29, 0.717) is 6.42 Å². The van der Waals surface area contributed by atoms with Gasteiger partial charge in [0, 0.05) is 12.1 Å². The third-order valence-corrected chi connectivity index (χ3v) is 3.22. The van der Waals surface area contributed by atoms with Crippen molar-refractivity contribution in [2.75, 3.05) is 5.32 Å². The van der Waals surface area contributed by atoms with E-state index >= 15 is 0 Å². The van der Waals surface area contributed by atoms with Crippen LogP contribution in [0.3, 0.4) is 0 Å². The highest BCUT2D eigenvalue weighted by Crippen LogP contribution is 2.27. The van der Waals surface area contributed by atoms with Crippen molar-refractivity contribution in [1.82, 2.24) is 0 Å². The van der Waals surface area contributed by atoms with Gasteiger partial charge in [-0.25, -0.2) is 0 Å². The fourth-order valence-electron chi connectivity index (χ4n) is 2.12. The zero-order valence-electron chi connectivity index (χ0n) is 11.4. The van der Waals surface area contributed by atoms with Gasteiger partial charge >= 0.3 is 0 Å². The maximum Gasteiger partial charge on any atom is 0.225 e. The first-order valence-electron chi connectivity index (χ1n) is 6.48. The monoisotopic (exact) mass is 253 g/mol. The molecule has 2 rings (SSSR count). The molecule has 0 spiro atoms. The molecule has 0 saturated heterocycles. The highest BCUT2D eigenvalue weighted by Gasteiger charge is 2.23. The van der Waals surface area contributed by atoms with Crippen LogP contribution in [0.2, 0.25) is 0 Å². The molecule has 0 aliphatic carbocycles. The molecule has 1 amide bonds. The summed E-state index contributed by atoms with van der Waals surface area (Å²) in [6.45, 7) is 4.18. The molecule has 0 unspecified atom stereocenters. The Balaban J connectivity index is 2.02. The maximum absolute atomic E-state index is 12.1. The molecule has 0 saturated carbocycles. The summed E-state index contributed by atoms with van der Waals surface area (Å²) in [5.41, 5.74) is 1.86. The van der Waals surface area contributed by atoms with Gasteiger partial charge in [0.25, 0.3) is 0 Å². The fourth-order valence-corrected chi connectivity index (χ4v) is 2.12. The summed E-state index contributed by atoms with van der Waals surface area (Å²) in [6.07, 6.45) is 0.464. The Bertz CT molecular complexity index is 532. The number of amides is 1. The Morgan fingerprint density at radius 1 is 0.947 bits per heavy atom. The smallest absolute Gasteiger partial charge is 0.225 e. The van der Waals surface area contributed by atoms with Crippen molar-refractivity contribution in [2.24, 2.45) is 0 Å². The average molecular weight is 253 g/mol. The Kier molecular flexibility index (Phi) is 4.00. The van der Waals surface area contributed by atoms with Crippen LogP contribution in [0.1, 0.15) is 25.8 Å². The van der Waals surface area contributed by atoms with Crippen molar-refractivity contribution in [2.45, 2.75) is 25.7 Å². The van der Waals surface area contributed by atoms with Gasteiger partial charge in [-0.2, -0.15) is 0 Å². The number of carbonyl (C=O) groups is 1. The number of hydrogen-bond donors (Lipinski definition) is 1. The summed E-state index contributed by atoms with van der Waals surface area (Å²) in [7, 11) is 0. The van der Waals surface area contributed by atoms with Crippen LogP contribution in [0.5, 0.6) is 0 Å². The number of benzene rings is 2. The van der Waals surface area contributed by atoms with Crippen molar-refractivity contribution in [1.29, 1.82) is 0 Å². The first kappa shape index (κ1) is 13.3. The second-order valence-corrected chi connectivity index (χ2v) is 5.34. The third-order valence-electron chi connectivity index (χ3n) is 3.22. The lowest BCUT2D eigenvalue weighted by atomic mass is 9.81. The van der Waals surface area contributed by atoms with E-state index in [9.17, 15) is 4.79 Å². The molecule has 2 heteroatoms. The van der Waals surface area contributed by atoms with Crippen LogP contribution in [0, 0.1) is 0 Å². The molecular weight excluding hydrogens is 234 g/mol. The number of rotatable bonds is 4. The quantitative estimate of drug-likeness (QED) is 0.877. The topological polar surface area (TPSA) is 29.1 Å². The first-order chi connectivity index (χ1) is 9.08. The minimum atomic E-state index is -0.167. The molecule has 19 heavy (non-hydrogen) atoms. The molecule has 0 atom stereocenters. The normalized spacial score (nSPS) is 11.1. The molecule has 1 N–H and O–H groups in total. The molecule has 0 fully saturated rings. The molecule has 0 radical (unpaired) electrons. The highest BCUT2D eigenvalue weighted by atomic mass is 16.1. The fraction of sp³-hybridized carbons (Fsp3) is 0.235. The molecule has 2 aromatic carbocycles. The minimum Gasteiger partial charge on any atom is -0.326 e. The van der Waals surface area contributed by atoms with Crippen LogP contribution in [0.25, 0.3) is 0 Å². The number of hydrogen-bond acceptors (Lipinski definition) is 1. The second kappa shape index (κ2) is 5.70. The van der Waals surface area contributed by atoms with E-state index in [-0.39, 0.29) is 11.3 Å². The van der Waals surface area contributed by atoms with Gasteiger partial charge in [0.05, 0.1) is 0 Å². The van der Waals surface area contributed by atoms with Gasteiger partial charge in [0.2, 0.25) is 5.91 Å². The van der Waals surface area contributed by atoms with Gasteiger partial charge < -0.3 is 5.32 Å². The van der Waals surface area contributed by atoms with E-state index in [1.807, 2.05) is 48.5 Å². The molecule has 0 aliphatic rings. The summed E-state index contributed by atoms with van der Waals surface area (Å²) in [5.74, 6) is 0.0417. The third kappa shape index (κ3) is 3.68. The predicted molar refractivity (Wildman–Crippen MR) is 79.2 cm³/mol. The van der Waals surface area contributed by atoms with Crippen LogP contribution >= 0.6 is 0 Å². The van der Waals surface area contributed by atoms with Crippen LogP contribution in [0.15, 0.2) is 60.7 Å². The van der Waals surface area contributed by atoms with E-state index < -0.39 is 0 Å². The summed E-state index contributed by atoms with van der Waals surface area (Å²) in [4.78, 5) is 12.1. The van der Waals surface area contributed by atoms with Crippen LogP contribution in [-0.4, -0.2) is 5.91 Å². The van der Waals surface area contributed by atoms with Crippen molar-refractivity contribution < 1.29 is 4.79 Å². The Morgan fingerprint density at radius 3 is 2.05 bits per heavy atom. The van der Waals surface area contributed by atoms with Crippen LogP contribution < -0.4 is 5.32 Å². The van der Waals surface area contributed by atoms with Crippen molar-refractivity contribution in [3.05, 3.63) is 66.2 Å². The van der Waals surface area contributed by atoms with E-state index in [1.54, 1.807) is 0 Å². The number of para-hydroxylation sites is 1. The maximum atomic E-state index is 12.1. The van der Waals surface area contributed by atoms with E-state index in [4.69, 9.17) is 0 Å². The van der Waals surface area contributed by atoms with E-state index in [1.165, 1.54) is 5.56 Å². The molecular formula is C17H19NO. The van der Waals surface area contributed by atoms with Gasteiger partial charge in [-0.05, 0) is 23.1 Å². The number of anilines is 1. The van der Waals surface area contributed by atoms with E-state index in [0.717, 1.165) is 5.69 Å². The first-order valence-corrected chi connectivity index (χ1v) is 6.48. The molecule has 2 aromatic rings. The molecule has 2 nitrogen and oxygen atoms in total. The van der Waals surface area contributed by atoms with Gasteiger partial charge in [-0.1, -0.05) is 62.4 Å². The lowest BCUT2D eigenvalue weighted by molar-refractivity contribution is -0.117. The van der Waals surface area contributed by atoms with Gasteiger partial charge in [-0.15, -0.1) is 0 Å². The van der Waals surface area contributed by atoms with Gasteiger partial charge in [0.1, 0.15) is 0 Å². The zero-order valence-corrected chi connectivity index (χ0v) is 11.4. The molecule has 0 bridgehead atoms. The molecule has 0 aromatic heterocycles. The van der Waals surface area contributed by atoms with Crippen LogP contribution in [-0.2, 0) is 10.2 Å². The Labute approximate surface area is 114 Å². The van der Waals surface area contributed by atoms with Crippen molar-refractivity contribution >= 4 is 11.6 Å². The SMILES string of the molecule is CC(C)(CC(=O)Nc1ccccc1)c1ccccc1. The summed E-state index contributed by atoms with van der Waals surface area (Å²) in [6, 6.07) is 19.7. The Hall–Kier alpha value is -2.09. The number of nitrogens with one attached hydrogen (secondary N) is 1. The van der Waals surface area contributed by atoms with Gasteiger partial charge in [-0.3, -0.25) is 4.79 Å². The lowest BCUT2D eigenvalue weighted by Crippen LogP contribution is -2.25. The standard InChI is InChI=1S/C17H19NO/c1-17(2,14-9-5-3-6-10-14)13-16(19)18-15-11-7-4-8-12-15/h3-12H,13H2,1-2H3,(H,18,19). The van der Waals surface area contributed by atoms with Gasteiger partial charge in [0.15, 0.2) is 0 Å². The molecule has 98 valence electrons. The zero-order chi connectivity index (χ0) is 13.7. The Morgan fingerprint density at radius 2 is 1.47 bits per heavy atom. The summed E-state index contributed by atoms with van der Waals surface area (Å²) in [5, 5.41) is 2.93. The number of carbonyl (C=O) groups excluding carboxylic acids is 1.